The van der Waals surface area contributed by atoms with Gasteiger partial charge < -0.3 is 40.8 Å². The summed E-state index contributed by atoms with van der Waals surface area (Å²) in [4.78, 5) is 122. The van der Waals surface area contributed by atoms with Crippen molar-refractivity contribution in [3.8, 4) is 5.75 Å². The Bertz CT molecular complexity index is 1620. The molecule has 0 spiro atoms. The molecule has 0 aliphatic carbocycles. The smallest absolute Gasteiger partial charge is 0.352 e. The molecule has 314 valence electrons. The van der Waals surface area contributed by atoms with Gasteiger partial charge in [-0.05, 0) is 40.3 Å². The molecule has 0 bridgehead atoms. The van der Waals surface area contributed by atoms with Gasteiger partial charge in [0.25, 0.3) is 11.8 Å². The van der Waals surface area contributed by atoms with Crippen LogP contribution in [0.15, 0.2) is 18.2 Å². The SMILES string of the molecule is O=C(O)CN1CCN(CC(=O)O)CCN(CC(=O)NCCN(CC(=O)NCC(=O)ON2C(=O)CCC2=O)C(=O)Cc2ccc(O)c(I)c2)CCN(CC(=O)O)CC1. The molecule has 2 aliphatic rings. The predicted octanol–water partition coefficient (Wildman–Crippen LogP) is -3.32. The van der Waals surface area contributed by atoms with Crippen molar-refractivity contribution >= 4 is 76.0 Å². The van der Waals surface area contributed by atoms with Crippen molar-refractivity contribution in [1.82, 2.24) is 40.2 Å². The van der Waals surface area contributed by atoms with Crippen molar-refractivity contribution in [2.45, 2.75) is 19.3 Å². The molecule has 0 unspecified atom stereocenters. The number of carbonyl (C=O) groups excluding carboxylic acids is 6. The fourth-order valence-electron chi connectivity index (χ4n) is 5.80. The van der Waals surface area contributed by atoms with E-state index in [-0.39, 0.29) is 117 Å². The monoisotopic (exact) mass is 918 g/mol. The van der Waals surface area contributed by atoms with Gasteiger partial charge in [-0.2, -0.15) is 0 Å². The van der Waals surface area contributed by atoms with E-state index in [9.17, 15) is 63.6 Å². The first-order valence-corrected chi connectivity index (χ1v) is 19.0. The van der Waals surface area contributed by atoms with Gasteiger partial charge in [-0.1, -0.05) is 6.07 Å². The summed E-state index contributed by atoms with van der Waals surface area (Å²) in [5.74, 6) is -7.53. The van der Waals surface area contributed by atoms with Crippen molar-refractivity contribution in [1.29, 1.82) is 0 Å². The van der Waals surface area contributed by atoms with Crippen LogP contribution in [0.5, 0.6) is 5.75 Å². The average Bonchev–Trinajstić information content (AvgIpc) is 3.44. The first-order valence-electron chi connectivity index (χ1n) is 17.9. The number of halogens is 1. The van der Waals surface area contributed by atoms with E-state index in [1.807, 2.05) is 22.6 Å². The number of carboxylic acid groups (broad SMARTS) is 3. The van der Waals surface area contributed by atoms with E-state index in [1.54, 1.807) is 25.7 Å². The van der Waals surface area contributed by atoms with Gasteiger partial charge >= 0.3 is 23.9 Å². The van der Waals surface area contributed by atoms with Gasteiger partial charge in [0.1, 0.15) is 12.3 Å². The molecule has 2 aliphatic heterocycles. The maximum Gasteiger partial charge on any atom is 0.352 e. The number of imide groups is 1. The number of aliphatic carboxylic acids is 3. The van der Waals surface area contributed by atoms with Crippen molar-refractivity contribution in [3.05, 3.63) is 27.3 Å². The Morgan fingerprint density at radius 3 is 1.63 bits per heavy atom. The summed E-state index contributed by atoms with van der Waals surface area (Å²) in [6.45, 7) is -1.02. The summed E-state index contributed by atoms with van der Waals surface area (Å²) in [6, 6.07) is 4.53. The molecular formula is C34H47IN8O14. The Hall–Kier alpha value is -4.98. The van der Waals surface area contributed by atoms with Crippen molar-refractivity contribution in [2.24, 2.45) is 0 Å². The van der Waals surface area contributed by atoms with Crippen molar-refractivity contribution in [3.63, 3.8) is 0 Å². The topological polar surface area (TPSA) is 287 Å². The molecule has 5 amide bonds. The summed E-state index contributed by atoms with van der Waals surface area (Å²) in [5.41, 5.74) is 0.527. The second-order valence-corrected chi connectivity index (χ2v) is 14.4. The number of hydroxylamine groups is 2. The maximum atomic E-state index is 13.4. The number of carbonyl (C=O) groups is 9. The van der Waals surface area contributed by atoms with Crippen LogP contribution in [0, 0.1) is 3.57 Å². The number of phenolic OH excluding ortho intramolecular Hbond substituents is 1. The molecular weight excluding hydrogens is 871 g/mol. The zero-order valence-electron chi connectivity index (χ0n) is 31.1. The number of rotatable bonds is 18. The van der Waals surface area contributed by atoms with E-state index in [2.05, 4.69) is 10.6 Å². The third-order valence-corrected chi connectivity index (χ3v) is 9.62. The number of nitrogens with zero attached hydrogens (tertiary/aromatic N) is 6. The summed E-state index contributed by atoms with van der Waals surface area (Å²) < 4.78 is 0.488. The van der Waals surface area contributed by atoms with Gasteiger partial charge in [0.15, 0.2) is 0 Å². The molecule has 57 heavy (non-hydrogen) atoms. The van der Waals surface area contributed by atoms with Crippen LogP contribution in [0.25, 0.3) is 0 Å². The van der Waals surface area contributed by atoms with Crippen LogP contribution < -0.4 is 10.6 Å². The van der Waals surface area contributed by atoms with E-state index in [0.717, 1.165) is 4.90 Å². The molecule has 22 nitrogen and oxygen atoms in total. The van der Waals surface area contributed by atoms with Crippen molar-refractivity contribution < 1.29 is 68.4 Å². The zero-order valence-corrected chi connectivity index (χ0v) is 33.3. The summed E-state index contributed by atoms with van der Waals surface area (Å²) >= 11 is 1.89. The minimum atomic E-state index is -1.09. The molecule has 2 heterocycles. The summed E-state index contributed by atoms with van der Waals surface area (Å²) in [7, 11) is 0. The maximum absolute atomic E-state index is 13.4. The van der Waals surface area contributed by atoms with Crippen LogP contribution in [-0.2, 0) is 54.4 Å². The van der Waals surface area contributed by atoms with Crippen LogP contribution in [0.1, 0.15) is 18.4 Å². The molecule has 1 aromatic carbocycles. The fraction of sp³-hybridized carbons (Fsp3) is 0.559. The second-order valence-electron chi connectivity index (χ2n) is 13.2. The van der Waals surface area contributed by atoms with E-state index in [0.29, 0.717) is 14.2 Å². The number of nitrogens with one attached hydrogen (secondary N) is 2. The lowest BCUT2D eigenvalue weighted by Gasteiger charge is -2.32. The highest BCUT2D eigenvalue weighted by Gasteiger charge is 2.33. The molecule has 3 rings (SSSR count). The number of hydrogen-bond donors (Lipinski definition) is 6. The largest absolute Gasteiger partial charge is 0.507 e. The lowest BCUT2D eigenvalue weighted by molar-refractivity contribution is -0.196. The number of benzene rings is 1. The number of amides is 5. The number of phenols is 1. The molecule has 0 atom stereocenters. The average molecular weight is 919 g/mol. The van der Waals surface area contributed by atoms with Crippen LogP contribution >= 0.6 is 22.6 Å². The number of aromatic hydroxyl groups is 1. The lowest BCUT2D eigenvalue weighted by atomic mass is 10.1. The normalized spacial score (nSPS) is 16.6. The molecule has 0 aromatic heterocycles. The van der Waals surface area contributed by atoms with E-state index < -0.39 is 66.5 Å². The van der Waals surface area contributed by atoms with Gasteiger partial charge in [-0.3, -0.25) is 58.0 Å². The van der Waals surface area contributed by atoms with Gasteiger partial charge in [-0.25, -0.2) is 4.79 Å². The van der Waals surface area contributed by atoms with Crippen LogP contribution in [0.2, 0.25) is 0 Å². The standard InChI is InChI=1S/C34H47IN8O14/c35-24-15-23(1-2-25(24)44)16-30(49)42(19-27(46)37-17-34(56)57-43-28(47)3-4-29(43)48)6-5-36-26(45)18-38-7-9-39(20-31(50)51)11-13-41(22-33(54)55)14-12-40(10-8-38)21-32(52)53/h1-2,15,44H,3-14,16-22H2,(H,36,45)(H,37,46)(H,50,51)(H,52,53)(H,54,55). The summed E-state index contributed by atoms with van der Waals surface area (Å²) in [5, 5.41) is 43.5. The molecule has 2 saturated heterocycles. The molecule has 2 fully saturated rings. The van der Waals surface area contributed by atoms with Crippen LogP contribution in [-0.4, -0.2) is 208 Å². The van der Waals surface area contributed by atoms with Crippen molar-refractivity contribution in [2.75, 3.05) is 105 Å². The highest BCUT2D eigenvalue weighted by atomic mass is 127. The minimum Gasteiger partial charge on any atom is -0.507 e. The zero-order chi connectivity index (χ0) is 42.1. The van der Waals surface area contributed by atoms with Gasteiger partial charge in [0.2, 0.25) is 17.7 Å². The molecule has 0 radical (unpaired) electrons. The predicted molar refractivity (Wildman–Crippen MR) is 203 cm³/mol. The van der Waals surface area contributed by atoms with E-state index in [1.165, 1.54) is 12.1 Å². The van der Waals surface area contributed by atoms with Crippen LogP contribution in [0.3, 0.4) is 0 Å². The van der Waals surface area contributed by atoms with Gasteiger partial charge in [-0.15, -0.1) is 5.06 Å². The van der Waals surface area contributed by atoms with Gasteiger partial charge in [0.05, 0.1) is 42.7 Å². The Kier molecular flexibility index (Phi) is 19.0. The quantitative estimate of drug-likeness (QED) is 0.0621. The number of hydrogen-bond acceptors (Lipinski definition) is 15. The third-order valence-electron chi connectivity index (χ3n) is 8.76. The number of carboxylic acids is 3. The van der Waals surface area contributed by atoms with Crippen LogP contribution in [0.4, 0.5) is 0 Å². The Labute approximate surface area is 340 Å². The Balaban J connectivity index is 1.65. The first kappa shape index (κ1) is 46.4. The van der Waals surface area contributed by atoms with Gasteiger partial charge in [0, 0.05) is 78.3 Å². The highest BCUT2D eigenvalue weighted by Crippen LogP contribution is 2.21. The fourth-order valence-corrected chi connectivity index (χ4v) is 6.38. The molecule has 23 heteroatoms. The molecule has 0 saturated carbocycles. The third kappa shape index (κ3) is 17.4. The highest BCUT2D eigenvalue weighted by molar-refractivity contribution is 14.1. The van der Waals surface area contributed by atoms with E-state index in [4.69, 9.17) is 4.84 Å². The minimum absolute atomic E-state index is 0.0128. The van der Waals surface area contributed by atoms with E-state index >= 15 is 0 Å². The first-order chi connectivity index (χ1) is 27.0. The molecule has 1 aromatic rings. The second kappa shape index (κ2) is 23.3. The lowest BCUT2D eigenvalue weighted by Crippen LogP contribution is -2.50. The Morgan fingerprint density at radius 2 is 1.18 bits per heavy atom. The summed E-state index contributed by atoms with van der Waals surface area (Å²) in [6.07, 6.45) is -0.407. The Morgan fingerprint density at radius 1 is 0.702 bits per heavy atom. The molecule has 6 N–H and O–H groups in total.